The van der Waals surface area contributed by atoms with E-state index in [1.807, 2.05) is 61.0 Å². The molecular weight excluding hydrogens is 469 g/mol. The minimum atomic E-state index is -4.40. The fourth-order valence-electron chi connectivity index (χ4n) is 4.21. The first-order chi connectivity index (χ1) is 17.2. The number of hydrogen-bond donors (Lipinski definition) is 0. The Morgan fingerprint density at radius 1 is 0.972 bits per heavy atom. The molecule has 8 heteroatoms. The van der Waals surface area contributed by atoms with Crippen molar-refractivity contribution in [1.29, 1.82) is 0 Å². The van der Waals surface area contributed by atoms with E-state index in [-0.39, 0.29) is 6.54 Å². The number of aromatic nitrogens is 1. The number of fused-ring (bicyclic) bond motifs is 1. The molecule has 4 aromatic rings. The van der Waals surface area contributed by atoms with Crippen molar-refractivity contribution in [3.8, 4) is 22.6 Å². The molecule has 0 saturated heterocycles. The first kappa shape index (κ1) is 25.2. The van der Waals surface area contributed by atoms with Crippen LogP contribution in [0.1, 0.15) is 25.0 Å². The maximum absolute atomic E-state index is 13.2. The highest BCUT2D eigenvalue weighted by atomic mass is 19.4. The Bertz CT molecular complexity index is 1360. The average molecular weight is 497 g/mol. The topological polar surface area (TPSA) is 43.7 Å². The molecule has 4 rings (SSSR count). The van der Waals surface area contributed by atoms with Crippen LogP contribution in [0.4, 0.5) is 18.0 Å². The lowest BCUT2D eigenvalue weighted by Crippen LogP contribution is -2.33. The third kappa shape index (κ3) is 5.17. The van der Waals surface area contributed by atoms with Crippen molar-refractivity contribution < 1.29 is 27.4 Å². The molecule has 0 spiro atoms. The number of alkyl halides is 3. The summed E-state index contributed by atoms with van der Waals surface area (Å²) in [5, 5.41) is 0.817. The molecule has 0 bridgehead atoms. The summed E-state index contributed by atoms with van der Waals surface area (Å²) >= 11 is 0. The van der Waals surface area contributed by atoms with Gasteiger partial charge in [0.2, 0.25) is 0 Å². The summed E-state index contributed by atoms with van der Waals surface area (Å²) in [7, 11) is 1.58. The van der Waals surface area contributed by atoms with Gasteiger partial charge in [-0.1, -0.05) is 24.3 Å². The molecule has 0 aliphatic rings. The lowest BCUT2D eigenvalue weighted by atomic mass is 10.0. The lowest BCUT2D eigenvalue weighted by molar-refractivity contribution is -0.137. The van der Waals surface area contributed by atoms with Crippen molar-refractivity contribution in [3.63, 3.8) is 0 Å². The van der Waals surface area contributed by atoms with Gasteiger partial charge in [0.25, 0.3) is 0 Å². The molecule has 0 unspecified atom stereocenters. The van der Waals surface area contributed by atoms with Crippen LogP contribution >= 0.6 is 0 Å². The fraction of sp³-hybridized carbons (Fsp3) is 0.250. The lowest BCUT2D eigenvalue weighted by Gasteiger charge is -2.20. The maximum atomic E-state index is 13.2. The molecule has 0 aliphatic carbocycles. The fourth-order valence-corrected chi connectivity index (χ4v) is 4.21. The average Bonchev–Trinajstić information content (AvgIpc) is 3.27. The molecule has 0 atom stereocenters. The first-order valence-corrected chi connectivity index (χ1v) is 11.6. The van der Waals surface area contributed by atoms with Crippen LogP contribution in [-0.2, 0) is 12.7 Å². The van der Waals surface area contributed by atoms with Gasteiger partial charge in [0.15, 0.2) is 0 Å². The van der Waals surface area contributed by atoms with Crippen molar-refractivity contribution in [3.05, 3.63) is 84.1 Å². The van der Waals surface area contributed by atoms with Crippen LogP contribution in [0, 0.1) is 0 Å². The quantitative estimate of drug-likeness (QED) is 0.271. The SMILES string of the molecule is CCN(CC)C(=O)Oc1ccc2c(ccn2Cc2cccc(C(F)(F)F)c2)c1-c1ccc(OC)cc1. The molecule has 0 radical (unpaired) electrons. The van der Waals surface area contributed by atoms with Gasteiger partial charge >= 0.3 is 12.3 Å². The van der Waals surface area contributed by atoms with Crippen LogP contribution in [0.25, 0.3) is 22.0 Å². The summed E-state index contributed by atoms with van der Waals surface area (Å²) in [6, 6.07) is 18.2. The molecule has 1 amide bonds. The number of halogens is 3. The molecule has 0 aliphatic heterocycles. The molecule has 3 aromatic carbocycles. The van der Waals surface area contributed by atoms with Crippen LogP contribution in [-0.4, -0.2) is 35.8 Å². The minimum Gasteiger partial charge on any atom is -0.497 e. The summed E-state index contributed by atoms with van der Waals surface area (Å²) in [5.41, 5.74) is 2.20. The monoisotopic (exact) mass is 496 g/mol. The number of carbonyl (C=O) groups excluding carboxylic acids is 1. The number of ether oxygens (including phenoxy) is 2. The normalized spacial score (nSPS) is 11.5. The number of methoxy groups -OCH3 is 1. The zero-order valence-corrected chi connectivity index (χ0v) is 20.3. The van der Waals surface area contributed by atoms with Crippen molar-refractivity contribution in [2.75, 3.05) is 20.2 Å². The smallest absolute Gasteiger partial charge is 0.416 e. The Morgan fingerprint density at radius 2 is 1.69 bits per heavy atom. The highest BCUT2D eigenvalue weighted by Gasteiger charge is 2.30. The summed E-state index contributed by atoms with van der Waals surface area (Å²) in [6.45, 7) is 5.05. The van der Waals surface area contributed by atoms with E-state index in [4.69, 9.17) is 9.47 Å². The Kier molecular flexibility index (Phi) is 7.24. The first-order valence-electron chi connectivity index (χ1n) is 11.6. The molecule has 188 valence electrons. The molecule has 0 N–H and O–H groups in total. The van der Waals surface area contributed by atoms with Crippen LogP contribution in [0.2, 0.25) is 0 Å². The number of rotatable bonds is 7. The van der Waals surface area contributed by atoms with E-state index in [2.05, 4.69) is 0 Å². The van der Waals surface area contributed by atoms with Gasteiger partial charge in [0.05, 0.1) is 12.7 Å². The predicted molar refractivity (Wildman–Crippen MR) is 133 cm³/mol. The van der Waals surface area contributed by atoms with Crippen LogP contribution < -0.4 is 9.47 Å². The standard InChI is InChI=1S/C28H27F3N2O3/c1-4-32(5-2)27(34)36-25-14-13-24-23(26(25)20-9-11-22(35-3)12-10-20)15-16-33(24)18-19-7-6-8-21(17-19)28(29,30)31/h6-17H,4-5,18H2,1-3H3. The maximum Gasteiger partial charge on any atom is 0.416 e. The van der Waals surface area contributed by atoms with Gasteiger partial charge < -0.3 is 18.9 Å². The second kappa shape index (κ2) is 10.4. The summed E-state index contributed by atoms with van der Waals surface area (Å²) in [4.78, 5) is 14.3. The van der Waals surface area contributed by atoms with Crippen LogP contribution in [0.3, 0.4) is 0 Å². The number of nitrogens with zero attached hydrogens (tertiary/aromatic N) is 2. The van der Waals surface area contributed by atoms with E-state index >= 15 is 0 Å². The van der Waals surface area contributed by atoms with E-state index in [1.165, 1.54) is 6.07 Å². The Hall–Kier alpha value is -3.94. The van der Waals surface area contributed by atoms with E-state index < -0.39 is 17.8 Å². The number of carbonyl (C=O) groups is 1. The Morgan fingerprint density at radius 3 is 2.33 bits per heavy atom. The van der Waals surface area contributed by atoms with Gasteiger partial charge in [-0.3, -0.25) is 0 Å². The summed E-state index contributed by atoms with van der Waals surface area (Å²) in [6.07, 6.45) is -3.02. The van der Waals surface area contributed by atoms with Crippen LogP contribution in [0.15, 0.2) is 72.9 Å². The molecular formula is C28H27F3N2O3. The highest BCUT2D eigenvalue weighted by Crippen LogP contribution is 2.39. The van der Waals surface area contributed by atoms with E-state index in [1.54, 1.807) is 24.1 Å². The van der Waals surface area contributed by atoms with E-state index in [0.29, 0.717) is 30.2 Å². The Labute approximate surface area is 207 Å². The largest absolute Gasteiger partial charge is 0.497 e. The predicted octanol–water partition coefficient (Wildman–Crippen LogP) is 7.22. The highest BCUT2D eigenvalue weighted by molar-refractivity contribution is 5.99. The van der Waals surface area contributed by atoms with E-state index in [0.717, 1.165) is 34.2 Å². The van der Waals surface area contributed by atoms with E-state index in [9.17, 15) is 18.0 Å². The molecule has 0 fully saturated rings. The zero-order chi connectivity index (χ0) is 25.9. The summed E-state index contributed by atoms with van der Waals surface area (Å²) < 4.78 is 52.5. The van der Waals surface area contributed by atoms with Crippen molar-refractivity contribution in [2.24, 2.45) is 0 Å². The van der Waals surface area contributed by atoms with Gasteiger partial charge in [0, 0.05) is 42.3 Å². The number of amides is 1. The van der Waals surface area contributed by atoms with Crippen molar-refractivity contribution >= 4 is 17.0 Å². The van der Waals surface area contributed by atoms with Crippen LogP contribution in [0.5, 0.6) is 11.5 Å². The second-order valence-corrected chi connectivity index (χ2v) is 8.28. The third-order valence-corrected chi connectivity index (χ3v) is 6.12. The molecule has 1 aromatic heterocycles. The van der Waals surface area contributed by atoms with Crippen molar-refractivity contribution in [1.82, 2.24) is 9.47 Å². The molecule has 0 saturated carbocycles. The summed E-state index contributed by atoms with van der Waals surface area (Å²) in [5.74, 6) is 1.09. The number of benzene rings is 3. The third-order valence-electron chi connectivity index (χ3n) is 6.12. The van der Waals surface area contributed by atoms with Crippen molar-refractivity contribution in [2.45, 2.75) is 26.6 Å². The molecule has 36 heavy (non-hydrogen) atoms. The Balaban J connectivity index is 1.79. The zero-order valence-electron chi connectivity index (χ0n) is 20.3. The van der Waals surface area contributed by atoms with Gasteiger partial charge in [0.1, 0.15) is 11.5 Å². The number of hydrogen-bond acceptors (Lipinski definition) is 3. The van der Waals surface area contributed by atoms with Gasteiger partial charge in [-0.2, -0.15) is 13.2 Å². The molecule has 5 nitrogen and oxygen atoms in total. The second-order valence-electron chi connectivity index (χ2n) is 8.28. The molecule has 1 heterocycles. The van der Waals surface area contributed by atoms with Gasteiger partial charge in [-0.15, -0.1) is 0 Å². The minimum absolute atomic E-state index is 0.258. The van der Waals surface area contributed by atoms with Gasteiger partial charge in [-0.25, -0.2) is 4.79 Å². The van der Waals surface area contributed by atoms with Gasteiger partial charge in [-0.05, 0) is 67.4 Å².